The number of benzene rings is 2. The van der Waals surface area contributed by atoms with Gasteiger partial charge in [-0.1, -0.05) is 35.9 Å². The van der Waals surface area contributed by atoms with Gasteiger partial charge in [-0.2, -0.15) is 0 Å². The molecule has 0 aliphatic carbocycles. The van der Waals surface area contributed by atoms with Crippen LogP contribution in [0.25, 0.3) is 0 Å². The van der Waals surface area contributed by atoms with Crippen molar-refractivity contribution in [1.82, 2.24) is 0 Å². The highest BCUT2D eigenvalue weighted by atomic mass is 35.5. The molecule has 0 bridgehead atoms. The molecule has 2 aromatic carbocycles. The Hall–Kier alpha value is -1.67. The third-order valence-corrected chi connectivity index (χ3v) is 2.84. The van der Waals surface area contributed by atoms with E-state index >= 15 is 0 Å². The summed E-state index contributed by atoms with van der Waals surface area (Å²) < 4.78 is 5.78. The van der Waals surface area contributed by atoms with Crippen LogP contribution in [-0.2, 0) is 0 Å². The first-order chi connectivity index (χ1) is 7.83. The maximum absolute atomic E-state index is 5.85. The molecule has 0 amide bonds. The van der Waals surface area contributed by atoms with Crippen LogP contribution in [0.1, 0.15) is 11.8 Å². The lowest BCUT2D eigenvalue weighted by Crippen LogP contribution is -2.09. The van der Waals surface area contributed by atoms with Crippen molar-refractivity contribution in [1.29, 1.82) is 0 Å². The molecule has 1 aliphatic rings. The van der Waals surface area contributed by atoms with Gasteiger partial charge in [-0.15, -0.1) is 0 Å². The lowest BCUT2D eigenvalue weighted by Gasteiger charge is -2.11. The van der Waals surface area contributed by atoms with Gasteiger partial charge in [0.1, 0.15) is 5.75 Å². The first kappa shape index (κ1) is 9.55. The molecule has 2 aromatic rings. The highest BCUT2D eigenvalue weighted by Gasteiger charge is 2.22. The average Bonchev–Trinajstić information content (AvgIpc) is 2.73. The van der Waals surface area contributed by atoms with E-state index in [2.05, 4.69) is 5.32 Å². The summed E-state index contributed by atoms with van der Waals surface area (Å²) in [6, 6.07) is 15.6. The van der Waals surface area contributed by atoms with Crippen molar-refractivity contribution < 1.29 is 4.74 Å². The highest BCUT2D eigenvalue weighted by Crippen LogP contribution is 2.37. The second-order valence-corrected chi connectivity index (χ2v) is 4.13. The quantitative estimate of drug-likeness (QED) is 0.805. The van der Waals surface area contributed by atoms with E-state index in [1.54, 1.807) is 0 Å². The monoisotopic (exact) mass is 231 g/mol. The summed E-state index contributed by atoms with van der Waals surface area (Å²) in [5.41, 5.74) is 2.10. The normalized spacial score (nSPS) is 17.4. The van der Waals surface area contributed by atoms with Gasteiger partial charge in [-0.05, 0) is 24.3 Å². The molecule has 0 aromatic heterocycles. The van der Waals surface area contributed by atoms with Crippen molar-refractivity contribution in [3.8, 4) is 5.75 Å². The Labute approximate surface area is 98.8 Å². The molecule has 1 N–H and O–H groups in total. The first-order valence-corrected chi connectivity index (χ1v) is 5.48. The molecule has 0 radical (unpaired) electrons. The van der Waals surface area contributed by atoms with Crippen LogP contribution in [0.2, 0.25) is 5.02 Å². The molecule has 0 spiro atoms. The van der Waals surface area contributed by atoms with Gasteiger partial charge in [0.2, 0.25) is 0 Å². The van der Waals surface area contributed by atoms with Crippen LogP contribution in [0.15, 0.2) is 48.5 Å². The van der Waals surface area contributed by atoms with Crippen molar-refractivity contribution in [2.45, 2.75) is 6.23 Å². The molecule has 0 unspecified atom stereocenters. The Morgan fingerprint density at radius 1 is 1.00 bits per heavy atom. The summed E-state index contributed by atoms with van der Waals surface area (Å²) in [6.45, 7) is 0. The minimum atomic E-state index is -0.116. The minimum absolute atomic E-state index is 0.116. The van der Waals surface area contributed by atoms with E-state index < -0.39 is 0 Å². The summed E-state index contributed by atoms with van der Waals surface area (Å²) in [4.78, 5) is 0. The van der Waals surface area contributed by atoms with Crippen LogP contribution in [0.5, 0.6) is 5.75 Å². The molecule has 1 atom stereocenters. The SMILES string of the molecule is Clc1ccc([C@H]2Nc3ccccc3O2)cc1. The summed E-state index contributed by atoms with van der Waals surface area (Å²) in [7, 11) is 0. The fourth-order valence-corrected chi connectivity index (χ4v) is 1.90. The summed E-state index contributed by atoms with van der Waals surface area (Å²) in [5.74, 6) is 0.891. The molecule has 1 aliphatic heterocycles. The third kappa shape index (κ3) is 1.61. The molecule has 0 fully saturated rings. The summed E-state index contributed by atoms with van der Waals surface area (Å²) in [6.07, 6.45) is -0.116. The zero-order valence-corrected chi connectivity index (χ0v) is 9.24. The molecular weight excluding hydrogens is 222 g/mol. The Morgan fingerprint density at radius 3 is 2.50 bits per heavy atom. The summed E-state index contributed by atoms with van der Waals surface area (Å²) in [5, 5.41) is 4.04. The van der Waals surface area contributed by atoms with Crippen molar-refractivity contribution in [3.63, 3.8) is 0 Å². The molecule has 3 heteroatoms. The van der Waals surface area contributed by atoms with Crippen molar-refractivity contribution >= 4 is 17.3 Å². The number of nitrogens with one attached hydrogen (secondary N) is 1. The van der Waals surface area contributed by atoms with Crippen molar-refractivity contribution in [2.24, 2.45) is 0 Å². The standard InChI is InChI=1S/C13H10ClNO/c14-10-7-5-9(6-8-10)13-15-11-3-1-2-4-12(11)16-13/h1-8,13,15H/t13-/m0/s1. The lowest BCUT2D eigenvalue weighted by molar-refractivity contribution is 0.260. The fraction of sp³-hybridized carbons (Fsp3) is 0.0769. The molecule has 1 heterocycles. The molecular formula is C13H10ClNO. The van der Waals surface area contributed by atoms with Crippen LogP contribution in [0, 0.1) is 0 Å². The number of para-hydroxylation sites is 2. The second-order valence-electron chi connectivity index (χ2n) is 3.69. The summed E-state index contributed by atoms with van der Waals surface area (Å²) >= 11 is 5.85. The molecule has 0 saturated carbocycles. The Kier molecular flexibility index (Phi) is 2.22. The maximum Gasteiger partial charge on any atom is 0.196 e. The Morgan fingerprint density at radius 2 is 1.75 bits per heavy atom. The van der Waals surface area contributed by atoms with Crippen LogP contribution < -0.4 is 10.1 Å². The predicted octanol–water partition coefficient (Wildman–Crippen LogP) is 3.84. The number of fused-ring (bicyclic) bond motifs is 1. The van der Waals surface area contributed by atoms with E-state index in [4.69, 9.17) is 16.3 Å². The minimum Gasteiger partial charge on any atom is -0.464 e. The van der Waals surface area contributed by atoms with Gasteiger partial charge in [0.25, 0.3) is 0 Å². The van der Waals surface area contributed by atoms with Crippen LogP contribution in [-0.4, -0.2) is 0 Å². The van der Waals surface area contributed by atoms with E-state index in [9.17, 15) is 0 Å². The largest absolute Gasteiger partial charge is 0.464 e. The number of rotatable bonds is 1. The van der Waals surface area contributed by atoms with Gasteiger partial charge >= 0.3 is 0 Å². The van der Waals surface area contributed by atoms with E-state index in [0.717, 1.165) is 22.0 Å². The predicted molar refractivity (Wildman–Crippen MR) is 64.9 cm³/mol. The number of halogens is 1. The van der Waals surface area contributed by atoms with Crippen LogP contribution >= 0.6 is 11.6 Å². The maximum atomic E-state index is 5.85. The number of ether oxygens (including phenoxy) is 1. The van der Waals surface area contributed by atoms with E-state index in [1.807, 2.05) is 48.5 Å². The van der Waals surface area contributed by atoms with Crippen molar-refractivity contribution in [3.05, 3.63) is 59.1 Å². The second kappa shape index (κ2) is 3.72. The van der Waals surface area contributed by atoms with Gasteiger partial charge in [-0.25, -0.2) is 0 Å². The highest BCUT2D eigenvalue weighted by molar-refractivity contribution is 6.30. The lowest BCUT2D eigenvalue weighted by atomic mass is 10.2. The van der Waals surface area contributed by atoms with E-state index in [-0.39, 0.29) is 6.23 Å². The molecule has 0 saturated heterocycles. The van der Waals surface area contributed by atoms with Gasteiger partial charge in [-0.3, -0.25) is 0 Å². The van der Waals surface area contributed by atoms with Crippen LogP contribution in [0.4, 0.5) is 5.69 Å². The van der Waals surface area contributed by atoms with Gasteiger partial charge in [0, 0.05) is 10.6 Å². The average molecular weight is 232 g/mol. The number of anilines is 1. The number of hydrogen-bond acceptors (Lipinski definition) is 2. The Balaban J connectivity index is 1.88. The van der Waals surface area contributed by atoms with Gasteiger partial charge < -0.3 is 10.1 Å². The van der Waals surface area contributed by atoms with E-state index in [0.29, 0.717) is 0 Å². The number of hydrogen-bond donors (Lipinski definition) is 1. The molecule has 3 rings (SSSR count). The van der Waals surface area contributed by atoms with Crippen molar-refractivity contribution in [2.75, 3.05) is 5.32 Å². The van der Waals surface area contributed by atoms with Gasteiger partial charge in [0.05, 0.1) is 5.69 Å². The smallest absolute Gasteiger partial charge is 0.196 e. The van der Waals surface area contributed by atoms with E-state index in [1.165, 1.54) is 0 Å². The van der Waals surface area contributed by atoms with Crippen LogP contribution in [0.3, 0.4) is 0 Å². The topological polar surface area (TPSA) is 21.3 Å². The Bertz CT molecular complexity index is 485. The zero-order chi connectivity index (χ0) is 11.0. The molecule has 2 nitrogen and oxygen atoms in total. The third-order valence-electron chi connectivity index (χ3n) is 2.59. The van der Waals surface area contributed by atoms with Gasteiger partial charge in [0.15, 0.2) is 6.23 Å². The fourth-order valence-electron chi connectivity index (χ4n) is 1.78. The molecule has 80 valence electrons. The zero-order valence-electron chi connectivity index (χ0n) is 8.48. The molecule has 16 heavy (non-hydrogen) atoms. The first-order valence-electron chi connectivity index (χ1n) is 5.10.